The standard InChI is InChI=1S/C23H28N4O2/c1-15-6-8-18(9-7-15)16(2)23(29)27-11-4-5-21(27)22-24-13-19-14-26(17(3)28)12-10-20(19)25-22/h6-9,13,16,21H,4-5,10-12,14H2,1-3H3. The van der Waals surface area contributed by atoms with Gasteiger partial charge >= 0.3 is 0 Å². The second-order valence-electron chi connectivity index (χ2n) is 8.21. The van der Waals surface area contributed by atoms with Crippen molar-refractivity contribution in [3.05, 3.63) is 58.7 Å². The van der Waals surface area contributed by atoms with Crippen LogP contribution in [-0.4, -0.2) is 44.7 Å². The van der Waals surface area contributed by atoms with E-state index < -0.39 is 0 Å². The van der Waals surface area contributed by atoms with Crippen molar-refractivity contribution >= 4 is 11.8 Å². The van der Waals surface area contributed by atoms with Crippen LogP contribution in [0.4, 0.5) is 0 Å². The van der Waals surface area contributed by atoms with Crippen LogP contribution in [0.15, 0.2) is 30.5 Å². The number of amides is 2. The van der Waals surface area contributed by atoms with Crippen LogP contribution in [0.1, 0.15) is 66.9 Å². The Morgan fingerprint density at radius 3 is 2.66 bits per heavy atom. The average Bonchev–Trinajstić information content (AvgIpc) is 3.22. The first-order valence-corrected chi connectivity index (χ1v) is 10.4. The van der Waals surface area contributed by atoms with Gasteiger partial charge in [-0.2, -0.15) is 0 Å². The number of carbonyl (C=O) groups is 2. The third kappa shape index (κ3) is 3.88. The third-order valence-electron chi connectivity index (χ3n) is 6.18. The van der Waals surface area contributed by atoms with Gasteiger partial charge in [0.2, 0.25) is 11.8 Å². The highest BCUT2D eigenvalue weighted by atomic mass is 16.2. The van der Waals surface area contributed by atoms with E-state index in [2.05, 4.69) is 24.0 Å². The molecule has 0 saturated carbocycles. The van der Waals surface area contributed by atoms with E-state index in [1.54, 1.807) is 6.92 Å². The first-order valence-electron chi connectivity index (χ1n) is 10.4. The maximum atomic E-state index is 13.2. The van der Waals surface area contributed by atoms with Crippen molar-refractivity contribution < 1.29 is 9.59 Å². The van der Waals surface area contributed by atoms with Crippen molar-refractivity contribution in [2.75, 3.05) is 13.1 Å². The molecule has 0 spiro atoms. The van der Waals surface area contributed by atoms with Crippen LogP contribution in [-0.2, 0) is 22.6 Å². The lowest BCUT2D eigenvalue weighted by molar-refractivity contribution is -0.133. The van der Waals surface area contributed by atoms with Gasteiger partial charge in [-0.05, 0) is 32.3 Å². The zero-order valence-electron chi connectivity index (χ0n) is 17.4. The Morgan fingerprint density at radius 2 is 1.93 bits per heavy atom. The quantitative estimate of drug-likeness (QED) is 0.805. The molecule has 2 aromatic rings. The summed E-state index contributed by atoms with van der Waals surface area (Å²) in [5.41, 5.74) is 4.26. The number of hydrogen-bond donors (Lipinski definition) is 0. The molecule has 2 aliphatic heterocycles. The Labute approximate surface area is 172 Å². The van der Waals surface area contributed by atoms with Crippen LogP contribution < -0.4 is 0 Å². The first kappa shape index (κ1) is 19.6. The fraction of sp³-hybridized carbons (Fsp3) is 0.478. The van der Waals surface area contributed by atoms with Gasteiger partial charge < -0.3 is 9.80 Å². The molecule has 3 heterocycles. The summed E-state index contributed by atoms with van der Waals surface area (Å²) in [6.45, 7) is 7.64. The predicted molar refractivity (Wildman–Crippen MR) is 110 cm³/mol. The lowest BCUT2D eigenvalue weighted by Gasteiger charge is -2.29. The molecule has 2 aliphatic rings. The van der Waals surface area contributed by atoms with Gasteiger partial charge in [-0.25, -0.2) is 9.97 Å². The number of aromatic nitrogens is 2. The van der Waals surface area contributed by atoms with Gasteiger partial charge in [0.15, 0.2) is 5.82 Å². The maximum absolute atomic E-state index is 13.2. The smallest absolute Gasteiger partial charge is 0.230 e. The zero-order chi connectivity index (χ0) is 20.5. The molecule has 2 unspecified atom stereocenters. The van der Waals surface area contributed by atoms with Crippen LogP contribution in [0.2, 0.25) is 0 Å². The average molecular weight is 393 g/mol. The van der Waals surface area contributed by atoms with E-state index in [-0.39, 0.29) is 23.8 Å². The Hall–Kier alpha value is -2.76. The molecule has 1 saturated heterocycles. The number of likely N-dealkylation sites (tertiary alicyclic amines) is 1. The molecule has 0 radical (unpaired) electrons. The van der Waals surface area contributed by atoms with E-state index >= 15 is 0 Å². The fourth-order valence-corrected chi connectivity index (χ4v) is 4.31. The van der Waals surface area contributed by atoms with Gasteiger partial charge in [-0.1, -0.05) is 29.8 Å². The van der Waals surface area contributed by atoms with E-state index in [1.807, 2.05) is 35.1 Å². The molecule has 2 atom stereocenters. The molecule has 0 N–H and O–H groups in total. The minimum Gasteiger partial charge on any atom is -0.338 e. The minimum atomic E-state index is -0.182. The molecule has 1 aromatic heterocycles. The summed E-state index contributed by atoms with van der Waals surface area (Å²) in [4.78, 5) is 38.1. The first-order chi connectivity index (χ1) is 13.9. The lowest BCUT2D eigenvalue weighted by atomic mass is 9.98. The van der Waals surface area contributed by atoms with E-state index in [9.17, 15) is 9.59 Å². The Bertz CT molecular complexity index is 925. The molecule has 152 valence electrons. The summed E-state index contributed by atoms with van der Waals surface area (Å²) in [7, 11) is 0. The summed E-state index contributed by atoms with van der Waals surface area (Å²) in [6.07, 6.45) is 4.45. The van der Waals surface area contributed by atoms with Gasteiger partial charge in [-0.3, -0.25) is 9.59 Å². The molecule has 1 fully saturated rings. The van der Waals surface area contributed by atoms with E-state index in [1.165, 1.54) is 5.56 Å². The predicted octanol–water partition coefficient (Wildman–Crippen LogP) is 3.16. The van der Waals surface area contributed by atoms with Crippen LogP contribution >= 0.6 is 0 Å². The van der Waals surface area contributed by atoms with Gasteiger partial charge in [0.25, 0.3) is 0 Å². The van der Waals surface area contributed by atoms with Crippen LogP contribution in [0, 0.1) is 6.92 Å². The molecule has 0 aliphatic carbocycles. The van der Waals surface area contributed by atoms with Crippen molar-refractivity contribution in [2.45, 2.75) is 58.5 Å². The van der Waals surface area contributed by atoms with Crippen molar-refractivity contribution in [1.82, 2.24) is 19.8 Å². The van der Waals surface area contributed by atoms with Gasteiger partial charge in [0.1, 0.15) is 0 Å². The highest BCUT2D eigenvalue weighted by molar-refractivity contribution is 5.84. The Kier molecular flexibility index (Phi) is 5.35. The number of aryl methyl sites for hydroxylation is 1. The largest absolute Gasteiger partial charge is 0.338 e. The number of fused-ring (bicyclic) bond motifs is 1. The summed E-state index contributed by atoms with van der Waals surface area (Å²) in [6, 6.07) is 8.12. The summed E-state index contributed by atoms with van der Waals surface area (Å²) in [5, 5.41) is 0. The van der Waals surface area contributed by atoms with E-state index in [0.29, 0.717) is 13.1 Å². The molecule has 4 rings (SSSR count). The molecule has 6 nitrogen and oxygen atoms in total. The summed E-state index contributed by atoms with van der Waals surface area (Å²) < 4.78 is 0. The zero-order valence-corrected chi connectivity index (χ0v) is 17.4. The number of benzene rings is 1. The number of rotatable bonds is 3. The lowest BCUT2D eigenvalue weighted by Crippen LogP contribution is -2.36. The normalized spacial score (nSPS) is 19.8. The van der Waals surface area contributed by atoms with Crippen LogP contribution in [0.3, 0.4) is 0 Å². The summed E-state index contributed by atoms with van der Waals surface area (Å²) in [5.74, 6) is 0.776. The second-order valence-corrected chi connectivity index (χ2v) is 8.21. The molecule has 6 heteroatoms. The number of hydrogen-bond acceptors (Lipinski definition) is 4. The van der Waals surface area contributed by atoms with E-state index in [0.717, 1.165) is 48.5 Å². The number of nitrogens with zero attached hydrogens (tertiary/aromatic N) is 4. The minimum absolute atomic E-state index is 0.0634. The van der Waals surface area contributed by atoms with Gasteiger partial charge in [0.05, 0.1) is 17.7 Å². The molecule has 29 heavy (non-hydrogen) atoms. The Morgan fingerprint density at radius 1 is 1.17 bits per heavy atom. The fourth-order valence-electron chi connectivity index (χ4n) is 4.31. The van der Waals surface area contributed by atoms with Gasteiger partial charge in [0, 0.05) is 44.7 Å². The van der Waals surface area contributed by atoms with Crippen molar-refractivity contribution in [1.29, 1.82) is 0 Å². The molecular formula is C23H28N4O2. The highest BCUT2D eigenvalue weighted by Gasteiger charge is 2.35. The molecule has 1 aromatic carbocycles. The van der Waals surface area contributed by atoms with Crippen molar-refractivity contribution in [3.63, 3.8) is 0 Å². The highest BCUT2D eigenvalue weighted by Crippen LogP contribution is 2.33. The Balaban J connectivity index is 1.53. The topological polar surface area (TPSA) is 66.4 Å². The number of carbonyl (C=O) groups excluding carboxylic acids is 2. The SMILES string of the molecule is CC(=O)N1CCc2nc(C3CCCN3C(=O)C(C)c3ccc(C)cc3)ncc2C1. The van der Waals surface area contributed by atoms with Crippen molar-refractivity contribution in [3.8, 4) is 0 Å². The summed E-state index contributed by atoms with van der Waals surface area (Å²) >= 11 is 0. The molecule has 0 bridgehead atoms. The monoisotopic (exact) mass is 392 g/mol. The van der Waals surface area contributed by atoms with Crippen LogP contribution in [0.5, 0.6) is 0 Å². The van der Waals surface area contributed by atoms with Crippen molar-refractivity contribution in [2.24, 2.45) is 0 Å². The second kappa shape index (κ2) is 7.93. The van der Waals surface area contributed by atoms with Gasteiger partial charge in [-0.15, -0.1) is 0 Å². The third-order valence-corrected chi connectivity index (χ3v) is 6.18. The molecular weight excluding hydrogens is 364 g/mol. The maximum Gasteiger partial charge on any atom is 0.230 e. The van der Waals surface area contributed by atoms with Crippen LogP contribution in [0.25, 0.3) is 0 Å². The molecule has 2 amide bonds. The van der Waals surface area contributed by atoms with E-state index in [4.69, 9.17) is 4.98 Å².